The van der Waals surface area contributed by atoms with Gasteiger partial charge in [0, 0.05) is 12.8 Å². The molecule has 0 aromatic carbocycles. The standard InChI is InChI=1S/C52H103NO5/c1-3-5-7-9-11-13-15-17-18-19-20-21-24-28-32-36-40-44-50(55)49(48-54)53-51(56)45-41-37-33-29-25-22-23-27-31-35-39-43-47-58-52(57)46-42-38-34-30-26-16-14-12-10-8-6-4-2/h49-50,54-55H,3-48H2,1-2H3,(H,53,56). The molecule has 0 aliphatic heterocycles. The van der Waals surface area contributed by atoms with Crippen molar-refractivity contribution in [3.63, 3.8) is 0 Å². The summed E-state index contributed by atoms with van der Waals surface area (Å²) in [4.78, 5) is 24.5. The van der Waals surface area contributed by atoms with Crippen LogP contribution in [0.15, 0.2) is 0 Å². The minimum Gasteiger partial charge on any atom is -0.466 e. The van der Waals surface area contributed by atoms with Crippen LogP contribution in [-0.4, -0.2) is 47.4 Å². The molecule has 0 aromatic rings. The lowest BCUT2D eigenvalue weighted by molar-refractivity contribution is -0.143. The molecule has 0 radical (unpaired) electrons. The van der Waals surface area contributed by atoms with E-state index in [9.17, 15) is 19.8 Å². The van der Waals surface area contributed by atoms with Gasteiger partial charge in [-0.3, -0.25) is 9.59 Å². The number of aliphatic hydroxyl groups is 2. The number of amides is 1. The van der Waals surface area contributed by atoms with E-state index in [4.69, 9.17) is 4.74 Å². The Morgan fingerprint density at radius 3 is 1.05 bits per heavy atom. The van der Waals surface area contributed by atoms with Gasteiger partial charge in [-0.05, 0) is 25.7 Å². The van der Waals surface area contributed by atoms with E-state index in [1.165, 1.54) is 205 Å². The maximum Gasteiger partial charge on any atom is 0.305 e. The number of ether oxygens (including phenoxy) is 1. The number of nitrogens with one attached hydrogen (secondary N) is 1. The molecule has 2 atom stereocenters. The molecule has 6 nitrogen and oxygen atoms in total. The van der Waals surface area contributed by atoms with E-state index >= 15 is 0 Å². The molecule has 346 valence electrons. The van der Waals surface area contributed by atoms with Crippen molar-refractivity contribution in [3.8, 4) is 0 Å². The van der Waals surface area contributed by atoms with Gasteiger partial charge >= 0.3 is 5.97 Å². The second-order valence-electron chi connectivity index (χ2n) is 18.2. The lowest BCUT2D eigenvalue weighted by atomic mass is 10.0. The average Bonchev–Trinajstić information content (AvgIpc) is 3.22. The fourth-order valence-corrected chi connectivity index (χ4v) is 8.35. The summed E-state index contributed by atoms with van der Waals surface area (Å²) < 4.78 is 5.45. The Morgan fingerprint density at radius 1 is 0.414 bits per heavy atom. The van der Waals surface area contributed by atoms with Gasteiger partial charge in [0.05, 0.1) is 25.4 Å². The number of unbranched alkanes of at least 4 members (excludes halogenated alkanes) is 38. The van der Waals surface area contributed by atoms with E-state index < -0.39 is 12.1 Å². The van der Waals surface area contributed by atoms with Gasteiger partial charge in [0.2, 0.25) is 5.91 Å². The number of esters is 1. The van der Waals surface area contributed by atoms with Crippen molar-refractivity contribution in [2.24, 2.45) is 0 Å². The van der Waals surface area contributed by atoms with Crippen LogP contribution in [0.25, 0.3) is 0 Å². The van der Waals surface area contributed by atoms with Crippen molar-refractivity contribution in [1.29, 1.82) is 0 Å². The minimum atomic E-state index is -0.673. The number of carbonyl (C=O) groups excluding carboxylic acids is 2. The summed E-state index contributed by atoms with van der Waals surface area (Å²) >= 11 is 0. The van der Waals surface area contributed by atoms with Gasteiger partial charge in [-0.2, -0.15) is 0 Å². The van der Waals surface area contributed by atoms with E-state index in [2.05, 4.69) is 19.2 Å². The Labute approximate surface area is 362 Å². The van der Waals surface area contributed by atoms with Crippen LogP contribution >= 0.6 is 0 Å². The van der Waals surface area contributed by atoms with Crippen molar-refractivity contribution >= 4 is 11.9 Å². The summed E-state index contributed by atoms with van der Waals surface area (Å²) in [5.41, 5.74) is 0. The van der Waals surface area contributed by atoms with Gasteiger partial charge in [-0.25, -0.2) is 0 Å². The summed E-state index contributed by atoms with van der Waals surface area (Å²) in [6.45, 7) is 4.93. The molecule has 58 heavy (non-hydrogen) atoms. The maximum atomic E-state index is 12.5. The third kappa shape index (κ3) is 44.4. The highest BCUT2D eigenvalue weighted by Gasteiger charge is 2.20. The minimum absolute atomic E-state index is 0.00769. The predicted molar refractivity (Wildman–Crippen MR) is 250 cm³/mol. The highest BCUT2D eigenvalue weighted by molar-refractivity contribution is 5.76. The molecule has 0 bridgehead atoms. The third-order valence-corrected chi connectivity index (χ3v) is 12.4. The second-order valence-corrected chi connectivity index (χ2v) is 18.2. The molecular weight excluding hydrogens is 719 g/mol. The van der Waals surface area contributed by atoms with Crippen LogP contribution in [0.5, 0.6) is 0 Å². The maximum absolute atomic E-state index is 12.5. The fourth-order valence-electron chi connectivity index (χ4n) is 8.35. The quantitative estimate of drug-likeness (QED) is 0.0420. The van der Waals surface area contributed by atoms with Crippen molar-refractivity contribution in [2.45, 2.75) is 309 Å². The lowest BCUT2D eigenvalue weighted by Crippen LogP contribution is -2.45. The summed E-state index contributed by atoms with van der Waals surface area (Å²) in [6, 6.07) is -0.551. The van der Waals surface area contributed by atoms with Gasteiger partial charge in [-0.1, -0.05) is 258 Å². The first-order chi connectivity index (χ1) is 28.5. The molecular formula is C52H103NO5. The largest absolute Gasteiger partial charge is 0.466 e. The topological polar surface area (TPSA) is 95.9 Å². The van der Waals surface area contributed by atoms with Gasteiger partial charge < -0.3 is 20.3 Å². The Hall–Kier alpha value is -1.14. The smallest absolute Gasteiger partial charge is 0.305 e. The number of aliphatic hydroxyl groups excluding tert-OH is 2. The number of hydrogen-bond acceptors (Lipinski definition) is 5. The molecule has 0 saturated carbocycles. The Bertz CT molecular complexity index is 822. The van der Waals surface area contributed by atoms with Crippen molar-refractivity contribution < 1.29 is 24.5 Å². The van der Waals surface area contributed by atoms with Gasteiger partial charge in [0.25, 0.3) is 0 Å². The zero-order chi connectivity index (χ0) is 42.3. The summed E-state index contributed by atoms with van der Waals surface area (Å²) in [5, 5.41) is 23.2. The molecule has 1 amide bonds. The van der Waals surface area contributed by atoms with Crippen LogP contribution in [-0.2, 0) is 14.3 Å². The normalized spacial score (nSPS) is 12.6. The highest BCUT2D eigenvalue weighted by atomic mass is 16.5. The molecule has 0 saturated heterocycles. The highest BCUT2D eigenvalue weighted by Crippen LogP contribution is 2.17. The molecule has 0 fully saturated rings. The van der Waals surface area contributed by atoms with Crippen LogP contribution in [0.2, 0.25) is 0 Å². The van der Waals surface area contributed by atoms with E-state index in [1.54, 1.807) is 0 Å². The fraction of sp³-hybridized carbons (Fsp3) is 0.962. The van der Waals surface area contributed by atoms with Gasteiger partial charge in [0.15, 0.2) is 0 Å². The first-order valence-electron chi connectivity index (χ1n) is 26.3. The Balaban J connectivity index is 3.45. The zero-order valence-corrected chi connectivity index (χ0v) is 39.3. The molecule has 0 aromatic heterocycles. The average molecular weight is 822 g/mol. The summed E-state index contributed by atoms with van der Waals surface area (Å²) in [5.74, 6) is -0.0554. The second kappa shape index (κ2) is 48.5. The number of carbonyl (C=O) groups is 2. The van der Waals surface area contributed by atoms with Crippen molar-refractivity contribution in [1.82, 2.24) is 5.32 Å². The van der Waals surface area contributed by atoms with Crippen LogP contribution < -0.4 is 5.32 Å². The van der Waals surface area contributed by atoms with Gasteiger partial charge in [-0.15, -0.1) is 0 Å². The van der Waals surface area contributed by atoms with E-state index in [-0.39, 0.29) is 18.5 Å². The number of hydrogen-bond donors (Lipinski definition) is 3. The molecule has 0 heterocycles. The van der Waals surface area contributed by atoms with E-state index in [0.29, 0.717) is 25.9 Å². The summed E-state index contributed by atoms with van der Waals surface area (Å²) in [6.07, 6.45) is 53.5. The molecule has 3 N–H and O–H groups in total. The van der Waals surface area contributed by atoms with Crippen LogP contribution in [0, 0.1) is 0 Å². The molecule has 0 aliphatic rings. The predicted octanol–water partition coefficient (Wildman–Crippen LogP) is 15.6. The summed E-state index contributed by atoms with van der Waals surface area (Å²) in [7, 11) is 0. The van der Waals surface area contributed by atoms with Crippen LogP contribution in [0.4, 0.5) is 0 Å². The first-order valence-corrected chi connectivity index (χ1v) is 26.3. The third-order valence-electron chi connectivity index (χ3n) is 12.4. The van der Waals surface area contributed by atoms with Crippen molar-refractivity contribution in [3.05, 3.63) is 0 Å². The monoisotopic (exact) mass is 822 g/mol. The van der Waals surface area contributed by atoms with Gasteiger partial charge in [0.1, 0.15) is 0 Å². The number of rotatable bonds is 49. The zero-order valence-electron chi connectivity index (χ0n) is 39.3. The van der Waals surface area contributed by atoms with Crippen LogP contribution in [0.1, 0.15) is 296 Å². The SMILES string of the molecule is CCCCCCCCCCCCCCCCCCCC(O)C(CO)NC(=O)CCCCCCCCCCCCCCOC(=O)CCCCCCCCCCCCCC. The van der Waals surface area contributed by atoms with Crippen molar-refractivity contribution in [2.75, 3.05) is 13.2 Å². The van der Waals surface area contributed by atoms with E-state index in [0.717, 1.165) is 57.8 Å². The molecule has 6 heteroatoms. The molecule has 2 unspecified atom stereocenters. The van der Waals surface area contributed by atoms with Crippen LogP contribution in [0.3, 0.4) is 0 Å². The van der Waals surface area contributed by atoms with E-state index in [1.807, 2.05) is 0 Å². The molecule has 0 aliphatic carbocycles. The molecule has 0 spiro atoms. The first kappa shape index (κ1) is 56.9. The molecule has 0 rings (SSSR count). The Kier molecular flexibility index (Phi) is 47.6. The Morgan fingerprint density at radius 2 is 0.707 bits per heavy atom. The lowest BCUT2D eigenvalue weighted by Gasteiger charge is -2.22.